The fourth-order valence-corrected chi connectivity index (χ4v) is 5.18. The van der Waals surface area contributed by atoms with E-state index >= 15 is 4.39 Å². The van der Waals surface area contributed by atoms with Gasteiger partial charge in [-0.1, -0.05) is 11.6 Å². The molecule has 6 rings (SSSR count). The number of benzene rings is 1. The maximum Gasteiger partial charge on any atom is 0.262 e. The van der Waals surface area contributed by atoms with Crippen molar-refractivity contribution >= 4 is 28.3 Å². The van der Waals surface area contributed by atoms with Gasteiger partial charge in [-0.2, -0.15) is 5.10 Å². The zero-order chi connectivity index (χ0) is 25.2. The van der Waals surface area contributed by atoms with Crippen LogP contribution in [0.1, 0.15) is 37.3 Å². The lowest BCUT2D eigenvalue weighted by Gasteiger charge is -2.33. The number of halogens is 2. The van der Waals surface area contributed by atoms with E-state index < -0.39 is 5.82 Å². The lowest BCUT2D eigenvalue weighted by molar-refractivity contribution is 0.0395. The van der Waals surface area contributed by atoms with Crippen molar-refractivity contribution in [2.75, 3.05) is 24.6 Å². The standard InChI is InChI=1S/C26H26ClFN6O2/c1-15-30-24-19(25(35)34(15)26(2)6-7-26)11-22(31-23(24)18-5-4-17(27)10-20(18)28)33-8-9-36-21(14-33)16-12-29-32(3)13-16/h4-5,10-13,21H,6-9,14H2,1-3H3/t21-/m0/s1. The van der Waals surface area contributed by atoms with Crippen molar-refractivity contribution in [3.63, 3.8) is 0 Å². The summed E-state index contributed by atoms with van der Waals surface area (Å²) in [5, 5.41) is 4.97. The Kier molecular flexibility index (Phi) is 5.38. The Morgan fingerprint density at radius 1 is 1.22 bits per heavy atom. The van der Waals surface area contributed by atoms with Crippen molar-refractivity contribution < 1.29 is 9.13 Å². The van der Waals surface area contributed by atoms with Crippen LogP contribution in [0.2, 0.25) is 5.02 Å². The Morgan fingerprint density at radius 2 is 2.03 bits per heavy atom. The average Bonchev–Trinajstić information content (AvgIpc) is 3.43. The van der Waals surface area contributed by atoms with Gasteiger partial charge in [0.1, 0.15) is 34.8 Å². The zero-order valence-electron chi connectivity index (χ0n) is 20.3. The van der Waals surface area contributed by atoms with Gasteiger partial charge in [0.15, 0.2) is 0 Å². The molecule has 10 heteroatoms. The van der Waals surface area contributed by atoms with Gasteiger partial charge in [-0.25, -0.2) is 14.4 Å². The molecule has 0 unspecified atom stereocenters. The van der Waals surface area contributed by atoms with E-state index in [0.29, 0.717) is 47.9 Å². The van der Waals surface area contributed by atoms with E-state index in [1.807, 2.05) is 20.2 Å². The molecule has 1 atom stereocenters. The maximum atomic E-state index is 15.1. The summed E-state index contributed by atoms with van der Waals surface area (Å²) in [4.78, 5) is 25.5. The number of aryl methyl sites for hydroxylation is 2. The number of pyridine rings is 1. The highest BCUT2D eigenvalue weighted by Gasteiger charge is 2.42. The van der Waals surface area contributed by atoms with E-state index in [1.54, 1.807) is 33.6 Å². The van der Waals surface area contributed by atoms with Crippen LogP contribution in [0.15, 0.2) is 41.5 Å². The van der Waals surface area contributed by atoms with E-state index in [9.17, 15) is 4.79 Å². The Balaban J connectivity index is 1.54. The summed E-state index contributed by atoms with van der Waals surface area (Å²) in [7, 11) is 1.86. The van der Waals surface area contributed by atoms with E-state index in [0.717, 1.165) is 18.4 Å². The molecular formula is C26H26ClFN6O2. The number of hydrogen-bond donors (Lipinski definition) is 0. The molecule has 3 aromatic heterocycles. The van der Waals surface area contributed by atoms with Gasteiger partial charge in [0.05, 0.1) is 18.2 Å². The van der Waals surface area contributed by atoms with E-state index in [-0.39, 0.29) is 27.8 Å². The van der Waals surface area contributed by atoms with Crippen LogP contribution in [0.3, 0.4) is 0 Å². The topological polar surface area (TPSA) is 78.1 Å². The van der Waals surface area contributed by atoms with Crippen molar-refractivity contribution in [1.82, 2.24) is 24.3 Å². The van der Waals surface area contributed by atoms with Crippen LogP contribution in [0, 0.1) is 12.7 Å². The molecule has 0 bridgehead atoms. The molecule has 186 valence electrons. The van der Waals surface area contributed by atoms with Crippen molar-refractivity contribution in [3.05, 3.63) is 69.2 Å². The maximum absolute atomic E-state index is 15.1. The number of morpholine rings is 1. The second kappa shape index (κ2) is 8.38. The lowest BCUT2D eigenvalue weighted by atomic mass is 10.1. The van der Waals surface area contributed by atoms with Gasteiger partial charge in [0.2, 0.25) is 0 Å². The van der Waals surface area contributed by atoms with Crippen LogP contribution < -0.4 is 10.5 Å². The lowest BCUT2D eigenvalue weighted by Crippen LogP contribution is -2.39. The molecule has 2 aliphatic rings. The molecular weight excluding hydrogens is 483 g/mol. The zero-order valence-corrected chi connectivity index (χ0v) is 21.1. The molecule has 1 saturated carbocycles. The number of anilines is 1. The van der Waals surface area contributed by atoms with Crippen molar-refractivity contribution in [2.45, 2.75) is 38.3 Å². The monoisotopic (exact) mass is 508 g/mol. The third-order valence-electron chi connectivity index (χ3n) is 7.20. The first-order valence-electron chi connectivity index (χ1n) is 12.0. The highest BCUT2D eigenvalue weighted by Crippen LogP contribution is 2.43. The number of nitrogens with zero attached hydrogens (tertiary/aromatic N) is 6. The molecule has 1 saturated heterocycles. The quantitative estimate of drug-likeness (QED) is 0.407. The largest absolute Gasteiger partial charge is 0.370 e. The molecule has 1 aliphatic carbocycles. The summed E-state index contributed by atoms with van der Waals surface area (Å²) < 4.78 is 24.6. The second-order valence-electron chi connectivity index (χ2n) is 9.90. The number of aromatic nitrogens is 5. The SMILES string of the molecule is Cc1nc2c(-c3ccc(Cl)cc3F)nc(N3CCO[C@H](c4cnn(C)c4)C3)cc2c(=O)n1C1(C)CC1. The van der Waals surface area contributed by atoms with E-state index in [2.05, 4.69) is 16.9 Å². The van der Waals surface area contributed by atoms with Crippen molar-refractivity contribution in [3.8, 4) is 11.3 Å². The first-order chi connectivity index (χ1) is 17.2. The Bertz CT molecular complexity index is 1560. The van der Waals surface area contributed by atoms with Gasteiger partial charge in [-0.05, 0) is 51.0 Å². The third kappa shape index (κ3) is 3.87. The fraction of sp³-hybridized carbons (Fsp3) is 0.385. The van der Waals surface area contributed by atoms with Gasteiger partial charge in [-0.15, -0.1) is 0 Å². The summed E-state index contributed by atoms with van der Waals surface area (Å²) in [6.45, 7) is 5.48. The van der Waals surface area contributed by atoms with Crippen LogP contribution >= 0.6 is 11.6 Å². The number of ether oxygens (including phenoxy) is 1. The molecule has 1 aliphatic heterocycles. The normalized spacial score (nSPS) is 19.1. The van der Waals surface area contributed by atoms with Gasteiger partial charge in [0.25, 0.3) is 5.56 Å². The summed E-state index contributed by atoms with van der Waals surface area (Å²) in [5.41, 5.74) is 1.57. The third-order valence-corrected chi connectivity index (χ3v) is 7.43. The minimum absolute atomic E-state index is 0.131. The number of fused-ring (bicyclic) bond motifs is 1. The Morgan fingerprint density at radius 3 is 2.72 bits per heavy atom. The minimum atomic E-state index is -0.513. The first kappa shape index (κ1) is 23.1. The van der Waals surface area contributed by atoms with E-state index in [1.165, 1.54) is 6.07 Å². The van der Waals surface area contributed by atoms with E-state index in [4.69, 9.17) is 26.3 Å². The predicted octanol–water partition coefficient (Wildman–Crippen LogP) is 4.38. The van der Waals surface area contributed by atoms with Crippen LogP contribution in [-0.2, 0) is 17.3 Å². The number of hydrogen-bond acceptors (Lipinski definition) is 6. The Hall–Kier alpha value is -3.30. The molecule has 4 heterocycles. The molecule has 0 radical (unpaired) electrons. The van der Waals surface area contributed by atoms with Crippen molar-refractivity contribution in [2.24, 2.45) is 7.05 Å². The molecule has 4 aromatic rings. The highest BCUT2D eigenvalue weighted by atomic mass is 35.5. The summed E-state index contributed by atoms with van der Waals surface area (Å²) in [6, 6.07) is 6.25. The molecule has 8 nitrogen and oxygen atoms in total. The van der Waals surface area contributed by atoms with Gasteiger partial charge >= 0.3 is 0 Å². The molecule has 0 spiro atoms. The van der Waals surface area contributed by atoms with Crippen molar-refractivity contribution in [1.29, 1.82) is 0 Å². The smallest absolute Gasteiger partial charge is 0.262 e. The second-order valence-corrected chi connectivity index (χ2v) is 10.3. The van der Waals surface area contributed by atoms with Crippen LogP contribution in [0.5, 0.6) is 0 Å². The van der Waals surface area contributed by atoms with Gasteiger partial charge in [0, 0.05) is 48.0 Å². The predicted molar refractivity (Wildman–Crippen MR) is 136 cm³/mol. The summed E-state index contributed by atoms with van der Waals surface area (Å²) in [5.74, 6) is 0.668. The molecule has 1 aromatic carbocycles. The number of rotatable bonds is 4. The fourth-order valence-electron chi connectivity index (χ4n) is 5.02. The molecule has 36 heavy (non-hydrogen) atoms. The van der Waals surface area contributed by atoms with Gasteiger partial charge < -0.3 is 9.64 Å². The molecule has 0 amide bonds. The summed E-state index contributed by atoms with van der Waals surface area (Å²) in [6.07, 6.45) is 5.37. The van der Waals surface area contributed by atoms with Gasteiger partial charge in [-0.3, -0.25) is 14.0 Å². The minimum Gasteiger partial charge on any atom is -0.370 e. The van der Waals surface area contributed by atoms with Crippen LogP contribution in [0.25, 0.3) is 22.2 Å². The highest BCUT2D eigenvalue weighted by molar-refractivity contribution is 6.30. The molecule has 0 N–H and O–H groups in total. The Labute approximate surface area is 212 Å². The summed E-state index contributed by atoms with van der Waals surface area (Å²) >= 11 is 6.02. The first-order valence-corrected chi connectivity index (χ1v) is 12.4. The van der Waals surface area contributed by atoms with Crippen LogP contribution in [0.4, 0.5) is 10.2 Å². The average molecular weight is 509 g/mol. The molecule has 2 fully saturated rings. The van der Waals surface area contributed by atoms with Crippen LogP contribution in [-0.4, -0.2) is 44.0 Å².